The first-order valence-corrected chi connectivity index (χ1v) is 9.95. The van der Waals surface area contributed by atoms with E-state index in [0.29, 0.717) is 16.3 Å². The van der Waals surface area contributed by atoms with Gasteiger partial charge in [0, 0.05) is 23.3 Å². The van der Waals surface area contributed by atoms with E-state index in [9.17, 15) is 23.6 Å². The highest BCUT2D eigenvalue weighted by Gasteiger charge is 2.21. The lowest BCUT2D eigenvalue weighted by atomic mass is 10.2. The van der Waals surface area contributed by atoms with Gasteiger partial charge in [0.15, 0.2) is 5.75 Å². The lowest BCUT2D eigenvalue weighted by Crippen LogP contribution is -2.09. The van der Waals surface area contributed by atoms with E-state index in [1.54, 1.807) is 18.2 Å². The maximum Gasteiger partial charge on any atom is 0.312 e. The molecule has 0 bridgehead atoms. The summed E-state index contributed by atoms with van der Waals surface area (Å²) in [5.74, 6) is -0.443. The molecule has 0 aliphatic rings. The highest BCUT2D eigenvalue weighted by molar-refractivity contribution is 7.91. The quantitative estimate of drug-likeness (QED) is 0.349. The van der Waals surface area contributed by atoms with Crippen LogP contribution in [0.4, 0.5) is 11.4 Å². The van der Waals surface area contributed by atoms with Crippen LogP contribution in [-0.2, 0) is 16.4 Å². The van der Waals surface area contributed by atoms with Crippen LogP contribution in [0, 0.1) is 10.1 Å². The van der Waals surface area contributed by atoms with Gasteiger partial charge in [-0.1, -0.05) is 29.8 Å². The lowest BCUT2D eigenvalue weighted by Gasteiger charge is -2.12. The molecule has 0 heterocycles. The number of rotatable bonds is 6. The van der Waals surface area contributed by atoms with E-state index < -0.39 is 26.2 Å². The van der Waals surface area contributed by atoms with Crippen molar-refractivity contribution < 1.29 is 18.4 Å². The summed E-state index contributed by atoms with van der Waals surface area (Å²) in [6.07, 6.45) is 0. The molecule has 3 rings (SSSR count). The number of nitro groups is 1. The minimum absolute atomic E-state index is 0.115. The van der Waals surface area contributed by atoms with E-state index in [1.165, 1.54) is 48.5 Å². The van der Waals surface area contributed by atoms with Gasteiger partial charge < -0.3 is 10.4 Å². The summed E-state index contributed by atoms with van der Waals surface area (Å²) in [4.78, 5) is 10.5. The predicted octanol–water partition coefficient (Wildman–Crippen LogP) is 4.40. The van der Waals surface area contributed by atoms with Crippen molar-refractivity contribution in [2.75, 3.05) is 5.32 Å². The molecular weight excluding hydrogens is 404 g/mol. The molecule has 0 aliphatic heterocycles. The van der Waals surface area contributed by atoms with Gasteiger partial charge in [0.2, 0.25) is 9.84 Å². The van der Waals surface area contributed by atoms with E-state index in [-0.39, 0.29) is 16.3 Å². The lowest BCUT2D eigenvalue weighted by molar-refractivity contribution is -0.385. The molecule has 0 amide bonds. The molecule has 0 aromatic heterocycles. The van der Waals surface area contributed by atoms with Crippen molar-refractivity contribution in [1.82, 2.24) is 0 Å². The Kier molecular flexibility index (Phi) is 5.53. The molecular formula is C19H15ClN2O5S. The summed E-state index contributed by atoms with van der Waals surface area (Å²) in [6.45, 7) is 0.116. The Morgan fingerprint density at radius 2 is 1.71 bits per heavy atom. The second kappa shape index (κ2) is 7.87. The molecule has 0 radical (unpaired) electrons. The van der Waals surface area contributed by atoms with E-state index in [1.807, 2.05) is 0 Å². The maximum absolute atomic E-state index is 13.0. The average Bonchev–Trinajstić information content (AvgIpc) is 2.67. The number of benzene rings is 3. The van der Waals surface area contributed by atoms with Crippen LogP contribution in [0.25, 0.3) is 0 Å². The van der Waals surface area contributed by atoms with E-state index in [0.717, 1.165) is 0 Å². The predicted molar refractivity (Wildman–Crippen MR) is 105 cm³/mol. The van der Waals surface area contributed by atoms with Crippen LogP contribution in [0.15, 0.2) is 76.5 Å². The molecule has 0 aliphatic carbocycles. The Bertz CT molecular complexity index is 1130. The fourth-order valence-electron chi connectivity index (χ4n) is 2.63. The number of aromatic hydroxyl groups is 1. The van der Waals surface area contributed by atoms with E-state index in [2.05, 4.69) is 5.32 Å². The summed E-state index contributed by atoms with van der Waals surface area (Å²) in [6, 6.07) is 16.2. The largest absolute Gasteiger partial charge is 0.502 e. The molecule has 0 saturated heterocycles. The summed E-state index contributed by atoms with van der Waals surface area (Å²) < 4.78 is 25.9. The molecule has 3 aromatic carbocycles. The Morgan fingerprint density at radius 1 is 1.04 bits per heavy atom. The van der Waals surface area contributed by atoms with Crippen molar-refractivity contribution in [2.45, 2.75) is 16.3 Å². The van der Waals surface area contributed by atoms with Gasteiger partial charge in [0.25, 0.3) is 0 Å². The highest BCUT2D eigenvalue weighted by atomic mass is 35.5. The molecule has 0 saturated carbocycles. The van der Waals surface area contributed by atoms with Gasteiger partial charge in [0.05, 0.1) is 14.7 Å². The van der Waals surface area contributed by atoms with Crippen molar-refractivity contribution in [3.63, 3.8) is 0 Å². The zero-order chi connectivity index (χ0) is 20.3. The van der Waals surface area contributed by atoms with E-state index in [4.69, 9.17) is 11.6 Å². The monoisotopic (exact) mass is 418 g/mol. The topological polar surface area (TPSA) is 110 Å². The van der Waals surface area contributed by atoms with Crippen molar-refractivity contribution in [1.29, 1.82) is 0 Å². The molecule has 3 aromatic rings. The van der Waals surface area contributed by atoms with E-state index >= 15 is 0 Å². The number of nitro benzene ring substituents is 1. The number of hydrogen-bond donors (Lipinski definition) is 2. The van der Waals surface area contributed by atoms with Gasteiger partial charge >= 0.3 is 5.69 Å². The van der Waals surface area contributed by atoms with Gasteiger partial charge in [-0.3, -0.25) is 10.1 Å². The van der Waals surface area contributed by atoms with Crippen molar-refractivity contribution in [3.8, 4) is 5.75 Å². The van der Waals surface area contributed by atoms with Crippen LogP contribution in [0.3, 0.4) is 0 Å². The minimum Gasteiger partial charge on any atom is -0.502 e. The number of nitrogens with one attached hydrogen (secondary N) is 1. The summed E-state index contributed by atoms with van der Waals surface area (Å²) in [5, 5.41) is 23.9. The van der Waals surface area contributed by atoms with Crippen molar-refractivity contribution >= 4 is 32.8 Å². The van der Waals surface area contributed by atoms with Crippen LogP contribution in [-0.4, -0.2) is 18.4 Å². The van der Waals surface area contributed by atoms with Crippen LogP contribution < -0.4 is 5.32 Å². The number of halogens is 1. The number of phenolic OH excluding ortho intramolecular Hbond substituents is 1. The zero-order valence-corrected chi connectivity index (χ0v) is 15.9. The third-order valence-electron chi connectivity index (χ3n) is 4.04. The fraction of sp³-hybridized carbons (Fsp3) is 0.0526. The van der Waals surface area contributed by atoms with Crippen LogP contribution >= 0.6 is 11.6 Å². The molecule has 7 nitrogen and oxygen atoms in total. The van der Waals surface area contributed by atoms with Crippen molar-refractivity contribution in [2.24, 2.45) is 0 Å². The molecule has 0 fully saturated rings. The standard InChI is InChI=1S/C19H15ClN2O5S/c20-14-5-8-16(9-6-14)28(26,27)19-4-2-1-3-13(19)12-21-15-7-10-18(23)17(11-15)22(24)25/h1-11,21,23H,12H2. The number of nitrogens with zero attached hydrogens (tertiary/aromatic N) is 1. The van der Waals surface area contributed by atoms with Gasteiger partial charge in [-0.05, 0) is 48.0 Å². The van der Waals surface area contributed by atoms with Gasteiger partial charge in [-0.15, -0.1) is 0 Å². The molecule has 0 unspecified atom stereocenters. The third kappa shape index (κ3) is 4.08. The number of anilines is 1. The summed E-state index contributed by atoms with van der Waals surface area (Å²) in [7, 11) is -3.77. The average molecular weight is 419 g/mol. The smallest absolute Gasteiger partial charge is 0.312 e. The number of sulfone groups is 1. The fourth-order valence-corrected chi connectivity index (χ4v) is 4.25. The Hall–Kier alpha value is -3.10. The summed E-state index contributed by atoms with van der Waals surface area (Å²) >= 11 is 5.83. The second-order valence-corrected chi connectivity index (χ2v) is 8.23. The molecule has 144 valence electrons. The Labute approximate surface area is 166 Å². The highest BCUT2D eigenvalue weighted by Crippen LogP contribution is 2.30. The van der Waals surface area contributed by atoms with Crippen LogP contribution in [0.2, 0.25) is 5.02 Å². The second-order valence-electron chi connectivity index (χ2n) is 5.88. The molecule has 0 atom stereocenters. The first kappa shape index (κ1) is 19.7. The molecule has 28 heavy (non-hydrogen) atoms. The molecule has 2 N–H and O–H groups in total. The minimum atomic E-state index is -3.77. The van der Waals surface area contributed by atoms with Gasteiger partial charge in [-0.2, -0.15) is 0 Å². The SMILES string of the molecule is O=[N+]([O-])c1cc(NCc2ccccc2S(=O)(=O)c2ccc(Cl)cc2)ccc1O. The normalized spacial score (nSPS) is 11.2. The van der Waals surface area contributed by atoms with Crippen LogP contribution in [0.5, 0.6) is 5.75 Å². The molecule has 9 heteroatoms. The summed E-state index contributed by atoms with van der Waals surface area (Å²) in [5.41, 5.74) is 0.434. The third-order valence-corrected chi connectivity index (χ3v) is 6.16. The number of hydrogen-bond acceptors (Lipinski definition) is 6. The first-order chi connectivity index (χ1) is 13.3. The van der Waals surface area contributed by atoms with Crippen molar-refractivity contribution in [3.05, 3.63) is 87.4 Å². The maximum atomic E-state index is 13.0. The van der Waals surface area contributed by atoms with Gasteiger partial charge in [0.1, 0.15) is 0 Å². The molecule has 0 spiro atoms. The Morgan fingerprint density at radius 3 is 2.39 bits per heavy atom. The van der Waals surface area contributed by atoms with Crippen LogP contribution in [0.1, 0.15) is 5.56 Å². The van der Waals surface area contributed by atoms with Gasteiger partial charge in [-0.25, -0.2) is 8.42 Å². The zero-order valence-electron chi connectivity index (χ0n) is 14.4. The number of phenols is 1. The first-order valence-electron chi connectivity index (χ1n) is 8.09. The Balaban J connectivity index is 1.90.